The lowest BCUT2D eigenvalue weighted by molar-refractivity contribution is -0.116. The number of amides is 1. The van der Waals surface area contributed by atoms with E-state index in [0.29, 0.717) is 13.1 Å². The Hall–Kier alpha value is -2.90. The minimum atomic E-state index is -1.07. The number of imidazole rings is 1. The fourth-order valence-electron chi connectivity index (χ4n) is 1.66. The van der Waals surface area contributed by atoms with Crippen LogP contribution in [0.5, 0.6) is 0 Å². The molecule has 2 N–H and O–H groups in total. The molecule has 2 aromatic rings. The molecule has 0 aromatic carbocycles. The highest BCUT2D eigenvalue weighted by atomic mass is 16.4. The van der Waals surface area contributed by atoms with E-state index in [1.54, 1.807) is 34.8 Å². The molecule has 0 saturated heterocycles. The predicted octanol–water partition coefficient (Wildman–Crippen LogP) is 0.144. The number of carbonyl (C=O) groups is 2. The van der Waals surface area contributed by atoms with E-state index >= 15 is 0 Å². The summed E-state index contributed by atoms with van der Waals surface area (Å²) < 4.78 is 3.26. The van der Waals surface area contributed by atoms with E-state index in [4.69, 9.17) is 5.11 Å². The molecule has 0 unspecified atom stereocenters. The number of hydrogen-bond donors (Lipinski definition) is 2. The third-order valence-electron chi connectivity index (χ3n) is 2.67. The van der Waals surface area contributed by atoms with Crippen LogP contribution in [-0.4, -0.2) is 42.9 Å². The molecular weight excluding hydrogens is 274 g/mol. The summed E-state index contributed by atoms with van der Waals surface area (Å²) in [5.74, 6) is -1.30. The highest BCUT2D eigenvalue weighted by Crippen LogP contribution is 1.98. The molecule has 0 aliphatic heterocycles. The number of carbonyl (C=O) groups excluding carboxylic acids is 1. The van der Waals surface area contributed by atoms with Gasteiger partial charge >= 0.3 is 5.97 Å². The van der Waals surface area contributed by atoms with Gasteiger partial charge in [0, 0.05) is 44.2 Å². The van der Waals surface area contributed by atoms with Crippen molar-refractivity contribution >= 4 is 18.0 Å². The fraction of sp³-hybridized carbons (Fsp3) is 0.231. The zero-order chi connectivity index (χ0) is 15.2. The number of carboxylic acid groups (broad SMARTS) is 1. The van der Waals surface area contributed by atoms with E-state index in [1.165, 1.54) is 18.6 Å². The van der Waals surface area contributed by atoms with Gasteiger partial charge in [-0.3, -0.25) is 9.48 Å². The molecule has 21 heavy (non-hydrogen) atoms. The van der Waals surface area contributed by atoms with Gasteiger partial charge in [0.25, 0.3) is 0 Å². The number of aromatic nitrogens is 4. The van der Waals surface area contributed by atoms with Crippen LogP contribution in [0.4, 0.5) is 0 Å². The normalized spacial score (nSPS) is 10.9. The molecule has 8 heteroatoms. The van der Waals surface area contributed by atoms with Crippen LogP contribution >= 0.6 is 0 Å². The van der Waals surface area contributed by atoms with Crippen molar-refractivity contribution in [1.29, 1.82) is 0 Å². The molecule has 0 bridgehead atoms. The number of nitrogens with one attached hydrogen (secondary N) is 1. The van der Waals surface area contributed by atoms with Gasteiger partial charge in [-0.15, -0.1) is 0 Å². The van der Waals surface area contributed by atoms with Crippen molar-refractivity contribution in [2.24, 2.45) is 7.05 Å². The molecule has 0 aliphatic rings. The molecule has 0 aliphatic carbocycles. The average molecular weight is 289 g/mol. The third kappa shape index (κ3) is 4.30. The molecular formula is C13H15N5O3. The molecule has 0 radical (unpaired) electrons. The molecule has 2 heterocycles. The Morgan fingerprint density at radius 3 is 2.86 bits per heavy atom. The third-order valence-corrected chi connectivity index (χ3v) is 2.67. The highest BCUT2D eigenvalue weighted by molar-refractivity contribution is 5.91. The van der Waals surface area contributed by atoms with Crippen LogP contribution in [0.2, 0.25) is 0 Å². The van der Waals surface area contributed by atoms with E-state index in [9.17, 15) is 9.59 Å². The Morgan fingerprint density at radius 1 is 1.43 bits per heavy atom. The molecule has 8 nitrogen and oxygen atoms in total. The lowest BCUT2D eigenvalue weighted by Crippen LogP contribution is -2.25. The van der Waals surface area contributed by atoms with Crippen molar-refractivity contribution in [3.05, 3.63) is 42.3 Å². The SMILES string of the molecule is Cn1cc(/C=C/C(=O)NCCn2cnc(C(=O)O)c2)cn1. The van der Waals surface area contributed by atoms with Crippen LogP contribution in [0.25, 0.3) is 6.08 Å². The van der Waals surface area contributed by atoms with E-state index in [1.807, 2.05) is 0 Å². The smallest absolute Gasteiger partial charge is 0.356 e. The summed E-state index contributed by atoms with van der Waals surface area (Å²) in [5, 5.41) is 15.4. The quantitative estimate of drug-likeness (QED) is 0.737. The van der Waals surface area contributed by atoms with Gasteiger partial charge in [0.2, 0.25) is 5.91 Å². The van der Waals surface area contributed by atoms with E-state index < -0.39 is 5.97 Å². The van der Waals surface area contributed by atoms with Crippen molar-refractivity contribution in [3.8, 4) is 0 Å². The molecule has 0 spiro atoms. The van der Waals surface area contributed by atoms with Crippen LogP contribution in [0.3, 0.4) is 0 Å². The summed E-state index contributed by atoms with van der Waals surface area (Å²) in [6.45, 7) is 0.832. The number of nitrogens with zero attached hydrogens (tertiary/aromatic N) is 4. The van der Waals surface area contributed by atoms with Crippen molar-refractivity contribution in [2.75, 3.05) is 6.54 Å². The van der Waals surface area contributed by atoms with E-state index in [0.717, 1.165) is 5.56 Å². The topological polar surface area (TPSA) is 102 Å². The van der Waals surface area contributed by atoms with Crippen molar-refractivity contribution in [1.82, 2.24) is 24.6 Å². The standard InChI is InChI=1S/C13H15N5O3/c1-17-7-10(6-16-17)2-3-12(19)14-4-5-18-8-11(13(20)21)15-9-18/h2-3,6-9H,4-5H2,1H3,(H,14,19)(H,20,21)/b3-2+. The maximum atomic E-state index is 11.6. The first-order valence-corrected chi connectivity index (χ1v) is 6.24. The molecule has 0 fully saturated rings. The van der Waals surface area contributed by atoms with Gasteiger partial charge in [-0.25, -0.2) is 9.78 Å². The van der Waals surface area contributed by atoms with Gasteiger partial charge in [0.1, 0.15) is 0 Å². The first kappa shape index (κ1) is 14.5. The lowest BCUT2D eigenvalue weighted by atomic mass is 10.3. The minimum Gasteiger partial charge on any atom is -0.476 e. The number of aromatic carboxylic acids is 1. The summed E-state index contributed by atoms with van der Waals surface area (Å²) in [5.41, 5.74) is 0.825. The largest absolute Gasteiger partial charge is 0.476 e. The average Bonchev–Trinajstić information content (AvgIpc) is 3.05. The Kier molecular flexibility index (Phi) is 4.50. The second kappa shape index (κ2) is 6.51. The highest BCUT2D eigenvalue weighted by Gasteiger charge is 2.06. The van der Waals surface area contributed by atoms with Crippen molar-refractivity contribution in [3.63, 3.8) is 0 Å². The fourth-order valence-corrected chi connectivity index (χ4v) is 1.66. The van der Waals surface area contributed by atoms with Crippen molar-refractivity contribution < 1.29 is 14.7 Å². The molecule has 110 valence electrons. The Bertz CT molecular complexity index is 671. The lowest BCUT2D eigenvalue weighted by Gasteiger charge is -2.02. The first-order valence-electron chi connectivity index (χ1n) is 6.24. The summed E-state index contributed by atoms with van der Waals surface area (Å²) in [7, 11) is 1.80. The monoisotopic (exact) mass is 289 g/mol. The van der Waals surface area contributed by atoms with Gasteiger partial charge < -0.3 is 15.0 Å². The molecule has 0 saturated carbocycles. The van der Waals surface area contributed by atoms with Crippen LogP contribution in [-0.2, 0) is 18.4 Å². The van der Waals surface area contributed by atoms with E-state index in [-0.39, 0.29) is 11.6 Å². The van der Waals surface area contributed by atoms with E-state index in [2.05, 4.69) is 15.4 Å². The summed E-state index contributed by atoms with van der Waals surface area (Å²) >= 11 is 0. The number of aryl methyl sites for hydroxylation is 1. The maximum absolute atomic E-state index is 11.6. The van der Waals surface area contributed by atoms with Gasteiger partial charge in [-0.05, 0) is 6.08 Å². The first-order chi connectivity index (χ1) is 10.0. The summed E-state index contributed by atoms with van der Waals surface area (Å²) in [6.07, 6.45) is 9.38. The van der Waals surface area contributed by atoms with Gasteiger partial charge in [-0.1, -0.05) is 0 Å². The van der Waals surface area contributed by atoms with Crippen LogP contribution in [0.1, 0.15) is 16.1 Å². The Labute approximate surface area is 120 Å². The number of carboxylic acids is 1. The summed E-state index contributed by atoms with van der Waals surface area (Å²) in [6, 6.07) is 0. The Morgan fingerprint density at radius 2 is 2.24 bits per heavy atom. The van der Waals surface area contributed by atoms with Gasteiger partial charge in [0.05, 0.1) is 12.5 Å². The molecule has 1 amide bonds. The maximum Gasteiger partial charge on any atom is 0.356 e. The number of rotatable bonds is 6. The van der Waals surface area contributed by atoms with Gasteiger partial charge in [-0.2, -0.15) is 5.10 Å². The predicted molar refractivity (Wildman–Crippen MR) is 74.4 cm³/mol. The number of hydrogen-bond acceptors (Lipinski definition) is 4. The van der Waals surface area contributed by atoms with Crippen LogP contribution < -0.4 is 5.32 Å². The Balaban J connectivity index is 1.76. The zero-order valence-corrected chi connectivity index (χ0v) is 11.4. The molecule has 2 rings (SSSR count). The second-order valence-electron chi connectivity index (χ2n) is 4.37. The second-order valence-corrected chi connectivity index (χ2v) is 4.37. The van der Waals surface area contributed by atoms with Crippen LogP contribution in [0.15, 0.2) is 31.0 Å². The molecule has 0 atom stereocenters. The minimum absolute atomic E-state index is 0.0159. The zero-order valence-electron chi connectivity index (χ0n) is 11.4. The summed E-state index contributed by atoms with van der Waals surface area (Å²) in [4.78, 5) is 26.0. The van der Waals surface area contributed by atoms with Gasteiger partial charge in [0.15, 0.2) is 5.69 Å². The van der Waals surface area contributed by atoms with Crippen molar-refractivity contribution in [2.45, 2.75) is 6.54 Å². The van der Waals surface area contributed by atoms with Crippen LogP contribution in [0, 0.1) is 0 Å². The molecule has 2 aromatic heterocycles.